The van der Waals surface area contributed by atoms with Gasteiger partial charge in [0.2, 0.25) is 0 Å². The summed E-state index contributed by atoms with van der Waals surface area (Å²) in [5.74, 6) is -0.305. The molecule has 4 nitrogen and oxygen atoms in total. The average molecular weight is 295 g/mol. The Hall–Kier alpha value is -1.62. The number of halogens is 1. The summed E-state index contributed by atoms with van der Waals surface area (Å²) in [7, 11) is 0. The number of nitrogens with one attached hydrogen (secondary N) is 1. The highest BCUT2D eigenvalue weighted by atomic mass is 79.9. The Balaban J connectivity index is 2.55. The smallest absolute Gasteiger partial charge is 0.322 e. The molecule has 0 amide bonds. The van der Waals surface area contributed by atoms with Crippen LogP contribution < -0.4 is 5.32 Å². The molecule has 88 valence electrons. The molecule has 1 heterocycles. The highest BCUT2D eigenvalue weighted by Gasteiger charge is 2.09. The number of aromatic nitrogens is 1. The lowest BCUT2D eigenvalue weighted by atomic mass is 10.1. The van der Waals surface area contributed by atoms with Crippen LogP contribution in [0.15, 0.2) is 28.7 Å². The van der Waals surface area contributed by atoms with E-state index in [0.717, 1.165) is 20.9 Å². The minimum absolute atomic E-state index is 0.141. The van der Waals surface area contributed by atoms with Crippen molar-refractivity contribution in [3.8, 4) is 0 Å². The summed E-state index contributed by atoms with van der Waals surface area (Å²) in [4.78, 5) is 14.9. The maximum absolute atomic E-state index is 10.6. The van der Waals surface area contributed by atoms with Gasteiger partial charge in [-0.1, -0.05) is 24.3 Å². The second-order valence-corrected chi connectivity index (χ2v) is 4.45. The van der Waals surface area contributed by atoms with Gasteiger partial charge in [0.15, 0.2) is 0 Å². The van der Waals surface area contributed by atoms with Crippen molar-refractivity contribution in [2.45, 2.75) is 6.92 Å². The molecule has 0 saturated heterocycles. The molecular weight excluding hydrogens is 284 g/mol. The lowest BCUT2D eigenvalue weighted by Gasteiger charge is -2.10. The molecule has 0 aliphatic heterocycles. The Morgan fingerprint density at radius 2 is 2.06 bits per heavy atom. The lowest BCUT2D eigenvalue weighted by Crippen LogP contribution is -2.13. The fourth-order valence-electron chi connectivity index (χ4n) is 1.65. The molecule has 5 heteroatoms. The summed E-state index contributed by atoms with van der Waals surface area (Å²) in [6.07, 6.45) is 0. The number of carboxylic acids is 1. The van der Waals surface area contributed by atoms with Crippen molar-refractivity contribution < 1.29 is 9.90 Å². The Labute approximate surface area is 107 Å². The highest BCUT2D eigenvalue weighted by Crippen LogP contribution is 2.30. The highest BCUT2D eigenvalue weighted by molar-refractivity contribution is 9.10. The summed E-state index contributed by atoms with van der Waals surface area (Å²) in [5.41, 5.74) is 0.830. The van der Waals surface area contributed by atoms with Gasteiger partial charge in [-0.15, -0.1) is 0 Å². The quantitative estimate of drug-likeness (QED) is 0.914. The van der Waals surface area contributed by atoms with Crippen molar-refractivity contribution >= 4 is 38.5 Å². The van der Waals surface area contributed by atoms with Gasteiger partial charge < -0.3 is 10.4 Å². The predicted molar refractivity (Wildman–Crippen MR) is 70.3 cm³/mol. The topological polar surface area (TPSA) is 62.2 Å². The Bertz CT molecular complexity index is 584. The zero-order valence-electron chi connectivity index (χ0n) is 9.20. The summed E-state index contributed by atoms with van der Waals surface area (Å²) in [5, 5.41) is 13.4. The van der Waals surface area contributed by atoms with Gasteiger partial charge in [-0.2, -0.15) is 0 Å². The molecule has 0 atom stereocenters. The summed E-state index contributed by atoms with van der Waals surface area (Å²) >= 11 is 3.49. The second kappa shape index (κ2) is 4.71. The van der Waals surface area contributed by atoms with Crippen molar-refractivity contribution in [3.63, 3.8) is 0 Å². The number of rotatable bonds is 3. The molecule has 0 fully saturated rings. The maximum atomic E-state index is 10.6. The van der Waals surface area contributed by atoms with Crippen LogP contribution in [0.3, 0.4) is 0 Å². The number of hydrogen-bond donors (Lipinski definition) is 2. The lowest BCUT2D eigenvalue weighted by molar-refractivity contribution is -0.134. The first-order chi connectivity index (χ1) is 8.09. The molecule has 1 aromatic carbocycles. The van der Waals surface area contributed by atoms with E-state index in [1.54, 1.807) is 0 Å². The number of hydrogen-bond acceptors (Lipinski definition) is 3. The molecule has 2 N–H and O–H groups in total. The van der Waals surface area contributed by atoms with Gasteiger partial charge in [0.1, 0.15) is 12.4 Å². The van der Waals surface area contributed by atoms with Crippen LogP contribution in [0.5, 0.6) is 0 Å². The number of aliphatic carboxylic acids is 1. The summed E-state index contributed by atoms with van der Waals surface area (Å²) in [6.45, 7) is 1.74. The van der Waals surface area contributed by atoms with Crippen LogP contribution in [0, 0.1) is 6.92 Å². The van der Waals surface area contributed by atoms with Gasteiger partial charge in [-0.05, 0) is 22.9 Å². The van der Waals surface area contributed by atoms with E-state index in [4.69, 9.17) is 5.11 Å². The third kappa shape index (κ3) is 2.39. The Kier molecular flexibility index (Phi) is 3.28. The number of aryl methyl sites for hydroxylation is 1. The number of benzene rings is 1. The van der Waals surface area contributed by atoms with E-state index in [1.165, 1.54) is 0 Å². The van der Waals surface area contributed by atoms with Gasteiger partial charge >= 0.3 is 5.97 Å². The van der Waals surface area contributed by atoms with Gasteiger partial charge in [0.05, 0.1) is 5.69 Å². The van der Waals surface area contributed by atoms with Gasteiger partial charge in [-0.3, -0.25) is 4.79 Å². The zero-order chi connectivity index (χ0) is 12.4. The van der Waals surface area contributed by atoms with Crippen LogP contribution in [0.2, 0.25) is 0 Å². The molecule has 0 unspecified atom stereocenters. The molecule has 0 spiro atoms. The average Bonchev–Trinajstić information content (AvgIpc) is 2.32. The molecule has 0 aliphatic carbocycles. The fourth-order valence-corrected chi connectivity index (χ4v) is 2.08. The minimum Gasteiger partial charge on any atom is -0.480 e. The molecule has 2 aromatic rings. The van der Waals surface area contributed by atoms with Crippen molar-refractivity contribution in [2.24, 2.45) is 0 Å². The van der Waals surface area contributed by atoms with Crippen LogP contribution in [0.1, 0.15) is 5.69 Å². The number of anilines is 1. The van der Waals surface area contributed by atoms with E-state index in [0.29, 0.717) is 5.82 Å². The van der Waals surface area contributed by atoms with Crippen molar-refractivity contribution in [2.75, 3.05) is 11.9 Å². The van der Waals surface area contributed by atoms with Crippen LogP contribution in [-0.4, -0.2) is 22.6 Å². The number of carbonyl (C=O) groups is 1. The Morgan fingerprint density at radius 1 is 1.41 bits per heavy atom. The predicted octanol–water partition coefficient (Wildman–Crippen LogP) is 2.80. The van der Waals surface area contributed by atoms with Crippen molar-refractivity contribution in [1.29, 1.82) is 0 Å². The molecule has 1 aromatic heterocycles. The largest absolute Gasteiger partial charge is 0.480 e. The van der Waals surface area contributed by atoms with Gasteiger partial charge in [0.25, 0.3) is 0 Å². The monoisotopic (exact) mass is 294 g/mol. The number of fused-ring (bicyclic) bond motifs is 1. The number of carboxylic acid groups (broad SMARTS) is 1. The molecule has 0 radical (unpaired) electrons. The van der Waals surface area contributed by atoms with E-state index in [-0.39, 0.29) is 6.54 Å². The molecule has 17 heavy (non-hydrogen) atoms. The van der Waals surface area contributed by atoms with Crippen LogP contribution in [0.25, 0.3) is 10.8 Å². The van der Waals surface area contributed by atoms with E-state index in [2.05, 4.69) is 26.2 Å². The van der Waals surface area contributed by atoms with E-state index >= 15 is 0 Å². The number of pyridine rings is 1. The molecular formula is C12H11BrN2O2. The first-order valence-corrected chi connectivity index (χ1v) is 5.89. The zero-order valence-corrected chi connectivity index (χ0v) is 10.8. The van der Waals surface area contributed by atoms with Crippen LogP contribution in [-0.2, 0) is 4.79 Å². The molecule has 0 bridgehead atoms. The fraction of sp³-hybridized carbons (Fsp3) is 0.167. The molecule has 0 saturated carbocycles. The van der Waals surface area contributed by atoms with Crippen LogP contribution in [0.4, 0.5) is 5.82 Å². The normalized spacial score (nSPS) is 10.5. The van der Waals surface area contributed by atoms with E-state index in [9.17, 15) is 4.79 Å². The molecule has 0 aliphatic rings. The van der Waals surface area contributed by atoms with E-state index in [1.807, 2.05) is 31.2 Å². The van der Waals surface area contributed by atoms with E-state index < -0.39 is 5.97 Å². The van der Waals surface area contributed by atoms with Gasteiger partial charge in [0, 0.05) is 15.2 Å². The third-order valence-corrected chi connectivity index (χ3v) is 3.42. The minimum atomic E-state index is -0.906. The Morgan fingerprint density at radius 3 is 2.71 bits per heavy atom. The first kappa shape index (κ1) is 11.9. The summed E-state index contributed by atoms with van der Waals surface area (Å²) in [6, 6.07) is 7.72. The second-order valence-electron chi connectivity index (χ2n) is 3.65. The summed E-state index contributed by atoms with van der Waals surface area (Å²) < 4.78 is 0.939. The van der Waals surface area contributed by atoms with Crippen LogP contribution >= 0.6 is 15.9 Å². The molecule has 2 rings (SSSR count). The maximum Gasteiger partial charge on any atom is 0.322 e. The third-order valence-electron chi connectivity index (χ3n) is 2.42. The van der Waals surface area contributed by atoms with Gasteiger partial charge in [-0.25, -0.2) is 4.98 Å². The SMILES string of the molecule is Cc1nc(NCC(=O)O)c2ccccc2c1Br. The first-order valence-electron chi connectivity index (χ1n) is 5.10. The standard InChI is InChI=1S/C12H11BrN2O2/c1-7-11(13)8-4-2-3-5-9(8)12(15-7)14-6-10(16)17/h2-5H,6H2,1H3,(H,14,15)(H,16,17). The van der Waals surface area contributed by atoms with Crippen molar-refractivity contribution in [3.05, 3.63) is 34.4 Å². The van der Waals surface area contributed by atoms with Crippen molar-refractivity contribution in [1.82, 2.24) is 4.98 Å². The number of nitrogens with zero attached hydrogens (tertiary/aromatic N) is 1.